The summed E-state index contributed by atoms with van der Waals surface area (Å²) in [5.74, 6) is 0.770. The van der Waals surface area contributed by atoms with Crippen LogP contribution in [0.3, 0.4) is 0 Å². The Labute approximate surface area is 124 Å². The normalized spacial score (nSPS) is 28.6. The Morgan fingerprint density at radius 3 is 2.75 bits per heavy atom. The summed E-state index contributed by atoms with van der Waals surface area (Å²) in [4.78, 5) is 2.38. The van der Waals surface area contributed by atoms with Crippen LogP contribution >= 0.6 is 0 Å². The van der Waals surface area contributed by atoms with Crippen molar-refractivity contribution in [2.45, 2.75) is 57.5 Å². The van der Waals surface area contributed by atoms with Gasteiger partial charge in [-0.25, -0.2) is 0 Å². The molecule has 3 unspecified atom stereocenters. The van der Waals surface area contributed by atoms with Crippen molar-refractivity contribution >= 4 is 0 Å². The van der Waals surface area contributed by atoms with Gasteiger partial charge in [-0.1, -0.05) is 51.0 Å². The SMILES string of the molecule is CCc1cccc(C(N)C2(N(C)C)CCCC(C)C2)c1. The highest BCUT2D eigenvalue weighted by atomic mass is 15.2. The lowest BCUT2D eigenvalue weighted by Gasteiger charge is -2.49. The lowest BCUT2D eigenvalue weighted by molar-refractivity contribution is 0.0499. The molecule has 2 N–H and O–H groups in total. The summed E-state index contributed by atoms with van der Waals surface area (Å²) in [7, 11) is 4.39. The summed E-state index contributed by atoms with van der Waals surface area (Å²) in [5, 5.41) is 0. The van der Waals surface area contributed by atoms with E-state index in [0.29, 0.717) is 0 Å². The van der Waals surface area contributed by atoms with Gasteiger partial charge < -0.3 is 10.6 Å². The van der Waals surface area contributed by atoms with Crippen LogP contribution in [0.25, 0.3) is 0 Å². The monoisotopic (exact) mass is 274 g/mol. The molecule has 1 aromatic rings. The Balaban J connectivity index is 2.33. The molecule has 0 aliphatic heterocycles. The number of nitrogens with two attached hydrogens (primary N) is 1. The maximum absolute atomic E-state index is 6.75. The van der Waals surface area contributed by atoms with E-state index in [4.69, 9.17) is 5.73 Å². The number of aryl methyl sites for hydroxylation is 1. The number of likely N-dealkylation sites (N-methyl/N-ethyl adjacent to an activating group) is 1. The summed E-state index contributed by atoms with van der Waals surface area (Å²) in [5.41, 5.74) is 9.55. The molecule has 2 heteroatoms. The largest absolute Gasteiger partial charge is 0.322 e. The molecule has 1 saturated carbocycles. The average Bonchev–Trinajstić information content (AvgIpc) is 2.46. The first-order valence-corrected chi connectivity index (χ1v) is 8.01. The van der Waals surface area contributed by atoms with Gasteiger partial charge in [0.15, 0.2) is 0 Å². The second kappa shape index (κ2) is 6.28. The summed E-state index contributed by atoms with van der Waals surface area (Å²) >= 11 is 0. The van der Waals surface area contributed by atoms with Crippen LogP contribution in [-0.4, -0.2) is 24.5 Å². The minimum Gasteiger partial charge on any atom is -0.322 e. The zero-order valence-electron chi connectivity index (χ0n) is 13.5. The molecular weight excluding hydrogens is 244 g/mol. The fourth-order valence-corrected chi connectivity index (χ4v) is 3.85. The number of hydrogen-bond donors (Lipinski definition) is 1. The number of nitrogens with zero attached hydrogens (tertiary/aromatic N) is 1. The minimum atomic E-state index is 0.103. The molecule has 0 heterocycles. The Morgan fingerprint density at radius 2 is 2.15 bits per heavy atom. The second-order valence-electron chi connectivity index (χ2n) is 6.78. The fraction of sp³-hybridized carbons (Fsp3) is 0.667. The minimum absolute atomic E-state index is 0.103. The summed E-state index contributed by atoms with van der Waals surface area (Å²) in [6.07, 6.45) is 6.13. The van der Waals surface area contributed by atoms with E-state index >= 15 is 0 Å². The smallest absolute Gasteiger partial charge is 0.0482 e. The molecule has 1 fully saturated rings. The van der Waals surface area contributed by atoms with E-state index in [2.05, 4.69) is 57.1 Å². The van der Waals surface area contributed by atoms with Gasteiger partial charge in [-0.2, -0.15) is 0 Å². The van der Waals surface area contributed by atoms with Crippen LogP contribution in [0.4, 0.5) is 0 Å². The van der Waals surface area contributed by atoms with E-state index < -0.39 is 0 Å². The molecule has 20 heavy (non-hydrogen) atoms. The molecule has 112 valence electrons. The van der Waals surface area contributed by atoms with E-state index in [1.54, 1.807) is 0 Å². The van der Waals surface area contributed by atoms with Crippen molar-refractivity contribution < 1.29 is 0 Å². The van der Waals surface area contributed by atoms with Crippen LogP contribution in [-0.2, 0) is 6.42 Å². The number of benzene rings is 1. The maximum atomic E-state index is 6.75. The molecule has 0 saturated heterocycles. The van der Waals surface area contributed by atoms with Crippen molar-refractivity contribution in [2.75, 3.05) is 14.1 Å². The van der Waals surface area contributed by atoms with Crippen molar-refractivity contribution in [1.29, 1.82) is 0 Å². The van der Waals surface area contributed by atoms with Crippen molar-refractivity contribution in [3.05, 3.63) is 35.4 Å². The Bertz CT molecular complexity index is 441. The van der Waals surface area contributed by atoms with Crippen molar-refractivity contribution in [3.8, 4) is 0 Å². The van der Waals surface area contributed by atoms with Gasteiger partial charge in [-0.3, -0.25) is 0 Å². The van der Waals surface area contributed by atoms with Gasteiger partial charge in [-0.15, -0.1) is 0 Å². The first-order chi connectivity index (χ1) is 9.49. The van der Waals surface area contributed by atoms with Crippen LogP contribution in [0, 0.1) is 5.92 Å². The Hall–Kier alpha value is -0.860. The van der Waals surface area contributed by atoms with Crippen LogP contribution < -0.4 is 5.73 Å². The van der Waals surface area contributed by atoms with E-state index in [9.17, 15) is 0 Å². The highest BCUT2D eigenvalue weighted by Crippen LogP contribution is 2.43. The third-order valence-electron chi connectivity index (χ3n) is 5.20. The maximum Gasteiger partial charge on any atom is 0.0482 e. The molecule has 0 spiro atoms. The van der Waals surface area contributed by atoms with Crippen LogP contribution in [0.15, 0.2) is 24.3 Å². The molecule has 1 aromatic carbocycles. The van der Waals surface area contributed by atoms with E-state index in [-0.39, 0.29) is 11.6 Å². The third-order valence-corrected chi connectivity index (χ3v) is 5.20. The van der Waals surface area contributed by atoms with E-state index in [0.717, 1.165) is 12.3 Å². The first kappa shape index (κ1) is 15.5. The molecule has 0 amide bonds. The van der Waals surface area contributed by atoms with Gasteiger partial charge in [0.2, 0.25) is 0 Å². The Kier molecular flexibility index (Phi) is 4.87. The predicted molar refractivity (Wildman–Crippen MR) is 86.8 cm³/mol. The molecule has 0 radical (unpaired) electrons. The summed E-state index contributed by atoms with van der Waals surface area (Å²) in [6.45, 7) is 4.57. The van der Waals surface area contributed by atoms with Crippen LogP contribution in [0.5, 0.6) is 0 Å². The van der Waals surface area contributed by atoms with Gasteiger partial charge in [0.1, 0.15) is 0 Å². The molecule has 0 bridgehead atoms. The van der Waals surface area contributed by atoms with Gasteiger partial charge in [0, 0.05) is 11.6 Å². The number of rotatable bonds is 4. The molecule has 1 aliphatic rings. The highest BCUT2D eigenvalue weighted by Gasteiger charge is 2.42. The van der Waals surface area contributed by atoms with Gasteiger partial charge >= 0.3 is 0 Å². The highest BCUT2D eigenvalue weighted by molar-refractivity contribution is 5.29. The molecular formula is C18H30N2. The van der Waals surface area contributed by atoms with Gasteiger partial charge in [0.05, 0.1) is 0 Å². The van der Waals surface area contributed by atoms with Gasteiger partial charge in [0.25, 0.3) is 0 Å². The van der Waals surface area contributed by atoms with Crippen molar-refractivity contribution in [1.82, 2.24) is 4.90 Å². The molecule has 0 aromatic heterocycles. The topological polar surface area (TPSA) is 29.3 Å². The zero-order valence-corrected chi connectivity index (χ0v) is 13.5. The molecule has 3 atom stereocenters. The van der Waals surface area contributed by atoms with Crippen LogP contribution in [0.2, 0.25) is 0 Å². The van der Waals surface area contributed by atoms with Gasteiger partial charge in [-0.05, 0) is 50.4 Å². The standard InChI is InChI=1S/C18H30N2/c1-5-15-9-6-10-16(12-15)17(19)18(20(3)4)11-7-8-14(2)13-18/h6,9-10,12,14,17H,5,7-8,11,13,19H2,1-4H3. The van der Waals surface area contributed by atoms with Crippen molar-refractivity contribution in [2.24, 2.45) is 11.7 Å². The quantitative estimate of drug-likeness (QED) is 0.906. The zero-order chi connectivity index (χ0) is 14.8. The van der Waals surface area contributed by atoms with E-state index in [1.165, 1.54) is 36.8 Å². The molecule has 2 rings (SSSR count). The lowest BCUT2D eigenvalue weighted by atomic mass is 9.70. The fourth-order valence-electron chi connectivity index (χ4n) is 3.85. The van der Waals surface area contributed by atoms with Crippen molar-refractivity contribution in [3.63, 3.8) is 0 Å². The average molecular weight is 274 g/mol. The van der Waals surface area contributed by atoms with Crippen LogP contribution in [0.1, 0.15) is 56.7 Å². The first-order valence-electron chi connectivity index (χ1n) is 8.01. The summed E-state index contributed by atoms with van der Waals surface area (Å²) in [6, 6.07) is 8.96. The molecule has 2 nitrogen and oxygen atoms in total. The molecule has 1 aliphatic carbocycles. The predicted octanol–water partition coefficient (Wildman–Crippen LogP) is 3.76. The summed E-state index contributed by atoms with van der Waals surface area (Å²) < 4.78 is 0. The lowest BCUT2D eigenvalue weighted by Crippen LogP contribution is -2.54. The second-order valence-corrected chi connectivity index (χ2v) is 6.78. The van der Waals surface area contributed by atoms with E-state index in [1.807, 2.05) is 0 Å². The number of hydrogen-bond acceptors (Lipinski definition) is 2. The third kappa shape index (κ3) is 2.91. The Morgan fingerprint density at radius 1 is 1.40 bits per heavy atom.